The predicted octanol–water partition coefficient (Wildman–Crippen LogP) is 2.93. The minimum atomic E-state index is -1.30. The molecule has 1 fully saturated rings. The Kier molecular flexibility index (Phi) is 7.47. The summed E-state index contributed by atoms with van der Waals surface area (Å²) in [5.74, 6) is -1.58. The molecule has 0 unspecified atom stereocenters. The van der Waals surface area contributed by atoms with E-state index in [1.807, 2.05) is 30.3 Å². The van der Waals surface area contributed by atoms with Crippen LogP contribution in [0, 0.1) is 0 Å². The molecule has 0 spiro atoms. The smallest absolute Gasteiger partial charge is 0.337 e. The van der Waals surface area contributed by atoms with Crippen molar-refractivity contribution in [2.75, 3.05) is 20.2 Å². The number of Topliss-reactive ketones (excluding diaryl/α,β-unsaturated/α-hetero) is 1. The summed E-state index contributed by atoms with van der Waals surface area (Å²) in [7, 11) is 1.27. The zero-order valence-electron chi connectivity index (χ0n) is 20.2. The fourth-order valence-corrected chi connectivity index (χ4v) is 4.59. The van der Waals surface area contributed by atoms with Gasteiger partial charge in [0, 0.05) is 35.6 Å². The molecule has 1 aromatic heterocycles. The molecule has 2 heterocycles. The summed E-state index contributed by atoms with van der Waals surface area (Å²) in [5, 5.41) is 3.33. The number of methoxy groups -OCH3 is 1. The number of benzene rings is 2. The molecule has 1 aliphatic rings. The Balaban J connectivity index is 1.50. The average molecular weight is 494 g/mol. The van der Waals surface area contributed by atoms with Crippen molar-refractivity contribution in [3.05, 3.63) is 71.4 Å². The quantitative estimate of drug-likeness (QED) is 0.384. The number of likely N-dealkylation sites (tertiary alicyclic amines) is 1. The maximum Gasteiger partial charge on any atom is 0.337 e. The number of esters is 1. The van der Waals surface area contributed by atoms with Crippen molar-refractivity contribution in [3.63, 3.8) is 0 Å². The first kappa shape index (κ1) is 25.1. The van der Waals surface area contributed by atoms with Gasteiger partial charge >= 0.3 is 5.97 Å². The van der Waals surface area contributed by atoms with Gasteiger partial charge in [0.2, 0.25) is 11.8 Å². The van der Waals surface area contributed by atoms with Crippen molar-refractivity contribution in [2.24, 2.45) is 0 Å². The normalized spacial score (nSPS) is 17.2. The number of hydrogen-bond acceptors (Lipinski definition) is 5. The van der Waals surface area contributed by atoms with Crippen LogP contribution in [0.15, 0.2) is 54.7 Å². The van der Waals surface area contributed by atoms with E-state index in [1.165, 1.54) is 18.9 Å². The van der Waals surface area contributed by atoms with Crippen LogP contribution in [0.1, 0.15) is 39.6 Å². The Bertz CT molecular complexity index is 1300. The summed E-state index contributed by atoms with van der Waals surface area (Å²) in [6, 6.07) is 13.5. The van der Waals surface area contributed by atoms with Crippen molar-refractivity contribution in [2.45, 2.75) is 38.5 Å². The van der Waals surface area contributed by atoms with Gasteiger partial charge in [-0.2, -0.15) is 0 Å². The van der Waals surface area contributed by atoms with Crippen LogP contribution in [-0.4, -0.2) is 65.4 Å². The highest BCUT2D eigenvalue weighted by atomic mass is 19.1. The summed E-state index contributed by atoms with van der Waals surface area (Å²) < 4.78 is 20.7. The fourth-order valence-electron chi connectivity index (χ4n) is 4.59. The van der Waals surface area contributed by atoms with E-state index in [4.69, 9.17) is 4.74 Å². The number of amides is 2. The summed E-state index contributed by atoms with van der Waals surface area (Å²) >= 11 is 0. The lowest BCUT2D eigenvalue weighted by Crippen LogP contribution is -2.47. The number of alkyl halides is 1. The molecule has 9 heteroatoms. The highest BCUT2D eigenvalue weighted by molar-refractivity contribution is 6.09. The van der Waals surface area contributed by atoms with Crippen LogP contribution in [-0.2, 0) is 27.3 Å². The van der Waals surface area contributed by atoms with Crippen LogP contribution in [0.5, 0.6) is 0 Å². The molecular weight excluding hydrogens is 465 g/mol. The van der Waals surface area contributed by atoms with E-state index < -0.39 is 24.1 Å². The average Bonchev–Trinajstić information content (AvgIpc) is 3.44. The molecule has 0 aliphatic carbocycles. The molecule has 2 amide bonds. The molecule has 36 heavy (non-hydrogen) atoms. The Morgan fingerprint density at radius 3 is 2.56 bits per heavy atom. The molecule has 2 atom stereocenters. The van der Waals surface area contributed by atoms with Crippen LogP contribution >= 0.6 is 0 Å². The predicted molar refractivity (Wildman–Crippen MR) is 131 cm³/mol. The molecule has 1 aliphatic heterocycles. The van der Waals surface area contributed by atoms with E-state index in [-0.39, 0.29) is 36.8 Å². The molecule has 4 rings (SSSR count). The lowest BCUT2D eigenvalue weighted by molar-refractivity contribution is -0.138. The van der Waals surface area contributed by atoms with Gasteiger partial charge in [0.1, 0.15) is 18.8 Å². The maximum atomic E-state index is 14.3. The van der Waals surface area contributed by atoms with Gasteiger partial charge in [-0.1, -0.05) is 30.3 Å². The van der Waals surface area contributed by atoms with Gasteiger partial charge in [0.05, 0.1) is 19.2 Å². The van der Waals surface area contributed by atoms with Crippen molar-refractivity contribution in [3.8, 4) is 0 Å². The number of aromatic nitrogens is 1. The molecule has 0 bridgehead atoms. The number of nitrogens with one attached hydrogen (secondary N) is 1. The molecule has 1 saturated heterocycles. The number of ether oxygens (including phenoxy) is 1. The van der Waals surface area contributed by atoms with Crippen LogP contribution in [0.2, 0.25) is 0 Å². The molecule has 0 saturated carbocycles. The van der Waals surface area contributed by atoms with Crippen molar-refractivity contribution < 1.29 is 28.3 Å². The third-order valence-electron chi connectivity index (χ3n) is 6.42. The summed E-state index contributed by atoms with van der Waals surface area (Å²) in [6.07, 6.45) is 0.819. The molecule has 8 nitrogen and oxygen atoms in total. The van der Waals surface area contributed by atoms with Gasteiger partial charge < -0.3 is 19.5 Å². The third-order valence-corrected chi connectivity index (χ3v) is 6.42. The van der Waals surface area contributed by atoms with Gasteiger partial charge in [-0.15, -0.1) is 0 Å². The number of carbonyl (C=O) groups is 4. The molecule has 1 N–H and O–H groups in total. The lowest BCUT2D eigenvalue weighted by atomic mass is 10.1. The minimum Gasteiger partial charge on any atom is -0.465 e. The number of hydrogen-bond donors (Lipinski definition) is 1. The second-order valence-electron chi connectivity index (χ2n) is 8.87. The zero-order chi connectivity index (χ0) is 25.8. The first-order chi connectivity index (χ1) is 17.3. The maximum absolute atomic E-state index is 14.3. The number of ketones is 1. The SMILES string of the molecule is COC(=O)c1ccc2c(c1)c(C(C)=O)cn2CC(=O)N1C[C@H](F)C[C@H]1C(=O)NCCc1ccccc1. The summed E-state index contributed by atoms with van der Waals surface area (Å²) in [6.45, 7) is 1.43. The molecule has 188 valence electrons. The van der Waals surface area contributed by atoms with Gasteiger partial charge in [-0.25, -0.2) is 9.18 Å². The lowest BCUT2D eigenvalue weighted by Gasteiger charge is -2.24. The van der Waals surface area contributed by atoms with Gasteiger partial charge in [0.15, 0.2) is 5.78 Å². The largest absolute Gasteiger partial charge is 0.465 e. The molecule has 3 aromatic rings. The second-order valence-corrected chi connectivity index (χ2v) is 8.87. The number of halogens is 1. The van der Waals surface area contributed by atoms with E-state index in [2.05, 4.69) is 5.32 Å². The van der Waals surface area contributed by atoms with Crippen molar-refractivity contribution >= 4 is 34.5 Å². The molecule has 2 aromatic carbocycles. The number of carbonyl (C=O) groups excluding carboxylic acids is 4. The first-order valence-corrected chi connectivity index (χ1v) is 11.8. The zero-order valence-corrected chi connectivity index (χ0v) is 20.2. The Labute approximate surface area is 208 Å². The van der Waals surface area contributed by atoms with E-state index in [1.54, 1.807) is 29.0 Å². The van der Waals surface area contributed by atoms with Crippen LogP contribution < -0.4 is 5.32 Å². The fraction of sp³-hybridized carbons (Fsp3) is 0.333. The number of rotatable bonds is 8. The minimum absolute atomic E-state index is 0.0590. The standard InChI is InChI=1S/C27H28FN3O5/c1-17(32)22-15-30(23-9-8-19(12-21(22)23)27(35)36-2)16-25(33)31-14-20(28)13-24(31)26(34)29-11-10-18-6-4-3-5-7-18/h3-9,12,15,20,24H,10-11,13-14,16H2,1-2H3,(H,29,34)/t20-,24+/m1/s1. The van der Waals surface area contributed by atoms with Gasteiger partial charge in [-0.3, -0.25) is 14.4 Å². The van der Waals surface area contributed by atoms with Gasteiger partial charge in [0.25, 0.3) is 0 Å². The van der Waals surface area contributed by atoms with Crippen molar-refractivity contribution in [1.29, 1.82) is 0 Å². The van der Waals surface area contributed by atoms with Gasteiger partial charge in [-0.05, 0) is 37.1 Å². The van der Waals surface area contributed by atoms with Crippen molar-refractivity contribution in [1.82, 2.24) is 14.8 Å². The Hall–Kier alpha value is -4.01. The topological polar surface area (TPSA) is 97.7 Å². The van der Waals surface area contributed by atoms with E-state index in [0.717, 1.165) is 5.56 Å². The summed E-state index contributed by atoms with van der Waals surface area (Å²) in [5.41, 5.74) is 2.27. The van der Waals surface area contributed by atoms with Crippen LogP contribution in [0.25, 0.3) is 10.9 Å². The van der Waals surface area contributed by atoms with Crippen LogP contribution in [0.4, 0.5) is 4.39 Å². The number of nitrogens with zero attached hydrogens (tertiary/aromatic N) is 2. The Morgan fingerprint density at radius 2 is 1.86 bits per heavy atom. The molecular formula is C27H28FN3O5. The molecule has 0 radical (unpaired) electrons. The Morgan fingerprint density at radius 1 is 1.11 bits per heavy atom. The number of fused-ring (bicyclic) bond motifs is 1. The van der Waals surface area contributed by atoms with E-state index >= 15 is 0 Å². The highest BCUT2D eigenvalue weighted by Gasteiger charge is 2.39. The third kappa shape index (κ3) is 5.30. The van der Waals surface area contributed by atoms with E-state index in [9.17, 15) is 23.6 Å². The monoisotopic (exact) mass is 493 g/mol. The second kappa shape index (κ2) is 10.7. The van der Waals surface area contributed by atoms with Crippen LogP contribution in [0.3, 0.4) is 0 Å². The van der Waals surface area contributed by atoms with E-state index in [0.29, 0.717) is 29.4 Å². The first-order valence-electron chi connectivity index (χ1n) is 11.8. The highest BCUT2D eigenvalue weighted by Crippen LogP contribution is 2.26. The summed E-state index contributed by atoms with van der Waals surface area (Å²) in [4.78, 5) is 51.5.